The Balaban J connectivity index is 1.73. The molecule has 0 radical (unpaired) electrons. The molecule has 0 spiro atoms. The SMILES string of the molecule is C=CC(=O)Nc1ccc(Cl)c(Nc2nc(Nc3ccc(OCCOC)cc3)ncc2F)c1. The standard InChI is InChI=1S/C22H21ClFN5O3/c1-3-20(30)26-15-6-9-17(23)19(12-15)28-21-18(24)13-25-22(29-21)27-14-4-7-16(8-5-14)32-11-10-31-2/h3-9,12-13H,1,10-11H2,2H3,(H,26,30)(H2,25,27,28,29). The molecule has 0 atom stereocenters. The fourth-order valence-electron chi connectivity index (χ4n) is 2.54. The smallest absolute Gasteiger partial charge is 0.247 e. The van der Waals surface area contributed by atoms with Crippen molar-refractivity contribution >= 4 is 46.3 Å². The normalized spacial score (nSPS) is 10.3. The van der Waals surface area contributed by atoms with E-state index < -0.39 is 5.82 Å². The van der Waals surface area contributed by atoms with Crippen LogP contribution in [0.1, 0.15) is 0 Å². The molecule has 0 aliphatic rings. The fourth-order valence-corrected chi connectivity index (χ4v) is 2.71. The van der Waals surface area contributed by atoms with Gasteiger partial charge in [0.2, 0.25) is 11.9 Å². The van der Waals surface area contributed by atoms with Gasteiger partial charge in [-0.05, 0) is 48.5 Å². The molecule has 0 aliphatic heterocycles. The lowest BCUT2D eigenvalue weighted by molar-refractivity contribution is -0.111. The number of aromatic nitrogens is 2. The van der Waals surface area contributed by atoms with E-state index in [4.69, 9.17) is 21.1 Å². The molecule has 0 saturated heterocycles. The van der Waals surface area contributed by atoms with Gasteiger partial charge in [-0.3, -0.25) is 4.79 Å². The van der Waals surface area contributed by atoms with E-state index in [0.717, 1.165) is 12.3 Å². The zero-order chi connectivity index (χ0) is 22.9. The summed E-state index contributed by atoms with van der Waals surface area (Å²) in [5.41, 5.74) is 1.51. The molecule has 3 aromatic rings. The van der Waals surface area contributed by atoms with Gasteiger partial charge in [-0.1, -0.05) is 18.2 Å². The lowest BCUT2D eigenvalue weighted by Crippen LogP contribution is -2.08. The Morgan fingerprint density at radius 3 is 2.62 bits per heavy atom. The van der Waals surface area contributed by atoms with E-state index in [-0.39, 0.29) is 17.7 Å². The summed E-state index contributed by atoms with van der Waals surface area (Å²) in [6.07, 6.45) is 2.18. The molecule has 0 unspecified atom stereocenters. The summed E-state index contributed by atoms with van der Waals surface area (Å²) in [7, 11) is 1.60. The number of hydrogen-bond donors (Lipinski definition) is 3. The summed E-state index contributed by atoms with van der Waals surface area (Å²) in [5, 5.41) is 8.76. The molecule has 0 saturated carbocycles. The summed E-state index contributed by atoms with van der Waals surface area (Å²) in [5.74, 6) is -0.277. The van der Waals surface area contributed by atoms with Crippen LogP contribution in [0.3, 0.4) is 0 Å². The maximum absolute atomic E-state index is 14.3. The first-order valence-corrected chi connectivity index (χ1v) is 9.87. The van der Waals surface area contributed by atoms with E-state index in [2.05, 4.69) is 32.5 Å². The third-order valence-corrected chi connectivity index (χ3v) is 4.41. The first-order chi connectivity index (χ1) is 15.5. The van der Waals surface area contributed by atoms with Crippen LogP contribution >= 0.6 is 11.6 Å². The highest BCUT2D eigenvalue weighted by molar-refractivity contribution is 6.33. The Kier molecular flexibility index (Phi) is 7.96. The zero-order valence-corrected chi connectivity index (χ0v) is 17.9. The van der Waals surface area contributed by atoms with Crippen LogP contribution in [0.25, 0.3) is 0 Å². The maximum atomic E-state index is 14.3. The molecule has 10 heteroatoms. The lowest BCUT2D eigenvalue weighted by Gasteiger charge is -2.12. The molecule has 3 N–H and O–H groups in total. The van der Waals surface area contributed by atoms with Crippen molar-refractivity contribution in [2.75, 3.05) is 36.3 Å². The molecule has 1 amide bonds. The minimum atomic E-state index is -0.672. The molecule has 2 aromatic carbocycles. The third-order valence-electron chi connectivity index (χ3n) is 4.08. The largest absolute Gasteiger partial charge is 0.491 e. The number of hydrogen-bond acceptors (Lipinski definition) is 7. The number of amides is 1. The van der Waals surface area contributed by atoms with E-state index in [0.29, 0.717) is 41.0 Å². The maximum Gasteiger partial charge on any atom is 0.247 e. The molecule has 8 nitrogen and oxygen atoms in total. The minimum absolute atomic E-state index is 0.0869. The molecule has 1 heterocycles. The van der Waals surface area contributed by atoms with Crippen molar-refractivity contribution in [3.8, 4) is 5.75 Å². The van der Waals surface area contributed by atoms with Crippen LogP contribution in [0.4, 0.5) is 33.2 Å². The van der Waals surface area contributed by atoms with Gasteiger partial charge >= 0.3 is 0 Å². The molecular weight excluding hydrogens is 437 g/mol. The zero-order valence-electron chi connectivity index (χ0n) is 17.2. The van der Waals surface area contributed by atoms with Gasteiger partial charge in [-0.2, -0.15) is 4.98 Å². The average Bonchev–Trinajstić information content (AvgIpc) is 2.79. The number of methoxy groups -OCH3 is 1. The molecule has 3 rings (SSSR count). The van der Waals surface area contributed by atoms with E-state index in [1.807, 2.05) is 0 Å². The Hall–Kier alpha value is -3.69. The van der Waals surface area contributed by atoms with Crippen LogP contribution in [0.2, 0.25) is 5.02 Å². The van der Waals surface area contributed by atoms with E-state index >= 15 is 0 Å². The summed E-state index contributed by atoms with van der Waals surface area (Å²) < 4.78 is 24.8. The number of nitrogens with one attached hydrogen (secondary N) is 3. The van der Waals surface area contributed by atoms with Crippen molar-refractivity contribution in [2.24, 2.45) is 0 Å². The minimum Gasteiger partial charge on any atom is -0.491 e. The Morgan fingerprint density at radius 2 is 1.91 bits per heavy atom. The Morgan fingerprint density at radius 1 is 1.16 bits per heavy atom. The van der Waals surface area contributed by atoms with Crippen LogP contribution in [-0.2, 0) is 9.53 Å². The monoisotopic (exact) mass is 457 g/mol. The van der Waals surface area contributed by atoms with Gasteiger partial charge in [0.05, 0.1) is 23.5 Å². The molecule has 0 aliphatic carbocycles. The van der Waals surface area contributed by atoms with Crippen molar-refractivity contribution in [3.05, 3.63) is 72.2 Å². The van der Waals surface area contributed by atoms with Crippen molar-refractivity contribution in [1.29, 1.82) is 0 Å². The molecule has 166 valence electrons. The topological polar surface area (TPSA) is 97.4 Å². The summed E-state index contributed by atoms with van der Waals surface area (Å²) >= 11 is 6.20. The average molecular weight is 458 g/mol. The predicted molar refractivity (Wildman–Crippen MR) is 123 cm³/mol. The molecule has 32 heavy (non-hydrogen) atoms. The number of rotatable bonds is 10. The molecular formula is C22H21ClFN5O3. The van der Waals surface area contributed by atoms with Gasteiger partial charge in [0, 0.05) is 18.5 Å². The van der Waals surface area contributed by atoms with Crippen LogP contribution in [0.15, 0.2) is 61.3 Å². The second kappa shape index (κ2) is 11.1. The van der Waals surface area contributed by atoms with Crippen LogP contribution < -0.4 is 20.7 Å². The lowest BCUT2D eigenvalue weighted by atomic mass is 10.2. The highest BCUT2D eigenvalue weighted by Gasteiger charge is 2.11. The first kappa shape index (κ1) is 23.0. The second-order valence-electron chi connectivity index (χ2n) is 6.39. The number of benzene rings is 2. The second-order valence-corrected chi connectivity index (χ2v) is 6.80. The van der Waals surface area contributed by atoms with Crippen molar-refractivity contribution in [3.63, 3.8) is 0 Å². The molecule has 1 aromatic heterocycles. The van der Waals surface area contributed by atoms with Crippen LogP contribution in [-0.4, -0.2) is 36.2 Å². The van der Waals surface area contributed by atoms with Crippen LogP contribution in [0.5, 0.6) is 5.75 Å². The Bertz CT molecular complexity index is 1100. The van der Waals surface area contributed by atoms with E-state index in [1.54, 1.807) is 49.6 Å². The Labute approximate surface area is 189 Å². The van der Waals surface area contributed by atoms with Gasteiger partial charge < -0.3 is 25.4 Å². The van der Waals surface area contributed by atoms with Crippen molar-refractivity contribution in [1.82, 2.24) is 9.97 Å². The molecule has 0 bridgehead atoms. The van der Waals surface area contributed by atoms with E-state index in [9.17, 15) is 9.18 Å². The van der Waals surface area contributed by atoms with Gasteiger partial charge in [-0.15, -0.1) is 0 Å². The summed E-state index contributed by atoms with van der Waals surface area (Å²) in [4.78, 5) is 19.6. The number of anilines is 5. The third kappa shape index (κ3) is 6.40. The molecule has 0 fully saturated rings. The first-order valence-electron chi connectivity index (χ1n) is 9.50. The predicted octanol–water partition coefficient (Wildman–Crippen LogP) is 4.91. The van der Waals surface area contributed by atoms with E-state index in [1.165, 1.54) is 0 Å². The van der Waals surface area contributed by atoms with Gasteiger partial charge in [0.15, 0.2) is 11.6 Å². The number of ether oxygens (including phenoxy) is 2. The van der Waals surface area contributed by atoms with Crippen molar-refractivity contribution < 1.29 is 18.7 Å². The summed E-state index contributed by atoms with van der Waals surface area (Å²) in [6, 6.07) is 11.9. The summed E-state index contributed by atoms with van der Waals surface area (Å²) in [6.45, 7) is 4.34. The van der Waals surface area contributed by atoms with Gasteiger partial charge in [0.25, 0.3) is 0 Å². The van der Waals surface area contributed by atoms with Gasteiger partial charge in [-0.25, -0.2) is 9.37 Å². The highest BCUT2D eigenvalue weighted by atomic mass is 35.5. The number of nitrogens with zero attached hydrogens (tertiary/aromatic N) is 2. The van der Waals surface area contributed by atoms with Crippen molar-refractivity contribution in [2.45, 2.75) is 0 Å². The van der Waals surface area contributed by atoms with Crippen LogP contribution in [0, 0.1) is 5.82 Å². The van der Waals surface area contributed by atoms with Gasteiger partial charge in [0.1, 0.15) is 12.4 Å². The highest BCUT2D eigenvalue weighted by Crippen LogP contribution is 2.29. The quantitative estimate of drug-likeness (QED) is 0.294. The number of halogens is 2. The number of carbonyl (C=O) groups excluding carboxylic acids is 1. The number of carbonyl (C=O) groups is 1. The fraction of sp³-hybridized carbons (Fsp3) is 0.136.